The van der Waals surface area contributed by atoms with Gasteiger partial charge in [0.15, 0.2) is 11.6 Å². The summed E-state index contributed by atoms with van der Waals surface area (Å²) in [5.41, 5.74) is 1.97. The average molecular weight is 350 g/mol. The molecule has 0 amide bonds. The molecule has 1 N–H and O–H groups in total. The largest absolute Gasteiger partial charge is 0.453 e. The van der Waals surface area contributed by atoms with Crippen LogP contribution in [-0.4, -0.2) is 6.04 Å². The molecule has 0 aliphatic heterocycles. The monoisotopic (exact) mass is 349 g/mol. The zero-order chi connectivity index (χ0) is 14.8. The molecule has 1 aliphatic rings. The molecule has 2 nitrogen and oxygen atoms in total. The molecule has 0 unspecified atom stereocenters. The van der Waals surface area contributed by atoms with Crippen molar-refractivity contribution in [1.82, 2.24) is 5.32 Å². The van der Waals surface area contributed by atoms with Gasteiger partial charge in [0.1, 0.15) is 5.75 Å². The molecule has 2 aromatic rings. The standard InChI is InChI=1S/C17H17BrFNO/c1-11-5-8-16(14(18)9-11)21-17-12(3-2-4-15(17)19)10-20-13-6-7-13/h2-5,8-9,13,20H,6-7,10H2,1H3. The summed E-state index contributed by atoms with van der Waals surface area (Å²) in [4.78, 5) is 0. The van der Waals surface area contributed by atoms with Crippen molar-refractivity contribution in [1.29, 1.82) is 0 Å². The number of rotatable bonds is 5. The number of hydrogen-bond acceptors (Lipinski definition) is 2. The maximum atomic E-state index is 14.1. The molecular formula is C17H17BrFNO. The van der Waals surface area contributed by atoms with Gasteiger partial charge in [-0.15, -0.1) is 0 Å². The van der Waals surface area contributed by atoms with Crippen molar-refractivity contribution in [2.45, 2.75) is 32.4 Å². The quantitative estimate of drug-likeness (QED) is 0.825. The Bertz CT molecular complexity index is 655. The van der Waals surface area contributed by atoms with E-state index in [9.17, 15) is 4.39 Å². The first-order valence-electron chi connectivity index (χ1n) is 7.08. The molecule has 0 spiro atoms. The van der Waals surface area contributed by atoms with Crippen LogP contribution in [0.25, 0.3) is 0 Å². The summed E-state index contributed by atoms with van der Waals surface area (Å²) in [5, 5.41) is 3.39. The highest BCUT2D eigenvalue weighted by Crippen LogP contribution is 2.34. The summed E-state index contributed by atoms with van der Waals surface area (Å²) in [6.45, 7) is 2.63. The van der Waals surface area contributed by atoms with Gasteiger partial charge in [-0.3, -0.25) is 0 Å². The lowest BCUT2D eigenvalue weighted by Crippen LogP contribution is -2.16. The molecular weight excluding hydrogens is 333 g/mol. The molecule has 0 radical (unpaired) electrons. The Labute approximate surface area is 132 Å². The van der Waals surface area contributed by atoms with E-state index >= 15 is 0 Å². The third-order valence-electron chi connectivity index (χ3n) is 3.51. The van der Waals surface area contributed by atoms with Crippen LogP contribution < -0.4 is 10.1 Å². The van der Waals surface area contributed by atoms with Gasteiger partial charge in [-0.05, 0) is 59.5 Å². The minimum absolute atomic E-state index is 0.301. The van der Waals surface area contributed by atoms with E-state index in [-0.39, 0.29) is 5.82 Å². The molecule has 110 valence electrons. The van der Waals surface area contributed by atoms with Crippen LogP contribution in [0.5, 0.6) is 11.5 Å². The van der Waals surface area contributed by atoms with Gasteiger partial charge < -0.3 is 10.1 Å². The SMILES string of the molecule is Cc1ccc(Oc2c(F)cccc2CNC2CC2)c(Br)c1. The third-order valence-corrected chi connectivity index (χ3v) is 4.13. The van der Waals surface area contributed by atoms with Crippen LogP contribution in [0.4, 0.5) is 4.39 Å². The van der Waals surface area contributed by atoms with Gasteiger partial charge in [-0.2, -0.15) is 0 Å². The van der Waals surface area contributed by atoms with Crippen molar-refractivity contribution in [2.24, 2.45) is 0 Å². The molecule has 21 heavy (non-hydrogen) atoms. The van der Waals surface area contributed by atoms with Gasteiger partial charge in [0, 0.05) is 18.2 Å². The van der Waals surface area contributed by atoms with Crippen LogP contribution in [0, 0.1) is 12.7 Å². The minimum Gasteiger partial charge on any atom is -0.453 e. The number of nitrogens with one attached hydrogen (secondary N) is 1. The zero-order valence-electron chi connectivity index (χ0n) is 11.8. The van der Waals surface area contributed by atoms with E-state index in [1.807, 2.05) is 31.2 Å². The Balaban J connectivity index is 1.85. The average Bonchev–Trinajstić information content (AvgIpc) is 3.26. The first kappa shape index (κ1) is 14.5. The fourth-order valence-electron chi connectivity index (χ4n) is 2.15. The van der Waals surface area contributed by atoms with Crippen LogP contribution >= 0.6 is 15.9 Å². The van der Waals surface area contributed by atoms with Crippen molar-refractivity contribution in [3.05, 3.63) is 57.8 Å². The van der Waals surface area contributed by atoms with E-state index in [1.54, 1.807) is 6.07 Å². The first-order valence-corrected chi connectivity index (χ1v) is 7.87. The molecule has 3 rings (SSSR count). The summed E-state index contributed by atoms with van der Waals surface area (Å²) >= 11 is 3.46. The summed E-state index contributed by atoms with van der Waals surface area (Å²) in [6, 6.07) is 11.4. The van der Waals surface area contributed by atoms with Gasteiger partial charge in [-0.1, -0.05) is 18.2 Å². The lowest BCUT2D eigenvalue weighted by molar-refractivity contribution is 0.431. The molecule has 1 saturated carbocycles. The van der Waals surface area contributed by atoms with Gasteiger partial charge in [0.2, 0.25) is 0 Å². The maximum Gasteiger partial charge on any atom is 0.167 e. The molecule has 0 atom stereocenters. The number of halogens is 2. The minimum atomic E-state index is -0.336. The number of para-hydroxylation sites is 1. The second-order valence-corrected chi connectivity index (χ2v) is 6.27. The molecule has 0 bridgehead atoms. The highest BCUT2D eigenvalue weighted by molar-refractivity contribution is 9.10. The lowest BCUT2D eigenvalue weighted by Gasteiger charge is -2.14. The van der Waals surface area contributed by atoms with Gasteiger partial charge in [0.25, 0.3) is 0 Å². The normalized spacial score (nSPS) is 14.2. The topological polar surface area (TPSA) is 21.3 Å². The molecule has 2 aromatic carbocycles. The van der Waals surface area contributed by atoms with E-state index in [1.165, 1.54) is 18.9 Å². The summed E-state index contributed by atoms with van der Waals surface area (Å²) in [7, 11) is 0. The number of aryl methyl sites for hydroxylation is 1. The van der Waals surface area contributed by atoms with E-state index < -0.39 is 0 Å². The predicted octanol–water partition coefficient (Wildman–Crippen LogP) is 4.94. The van der Waals surface area contributed by atoms with Crippen molar-refractivity contribution in [2.75, 3.05) is 0 Å². The van der Waals surface area contributed by atoms with Crippen LogP contribution in [-0.2, 0) is 6.54 Å². The van der Waals surface area contributed by atoms with Crippen molar-refractivity contribution in [3.8, 4) is 11.5 Å². The Morgan fingerprint density at radius 1 is 1.29 bits per heavy atom. The van der Waals surface area contributed by atoms with Crippen molar-refractivity contribution in [3.63, 3.8) is 0 Å². The van der Waals surface area contributed by atoms with E-state index in [2.05, 4.69) is 21.2 Å². The third kappa shape index (κ3) is 3.63. The smallest absolute Gasteiger partial charge is 0.167 e. The maximum absolute atomic E-state index is 14.1. The summed E-state index contributed by atoms with van der Waals surface area (Å²) in [6.07, 6.45) is 2.41. The molecule has 0 heterocycles. The Hall–Kier alpha value is -1.39. The first-order chi connectivity index (χ1) is 10.1. The van der Waals surface area contributed by atoms with Crippen LogP contribution in [0.3, 0.4) is 0 Å². The van der Waals surface area contributed by atoms with Crippen molar-refractivity contribution >= 4 is 15.9 Å². The Kier molecular flexibility index (Phi) is 4.27. The van der Waals surface area contributed by atoms with E-state index in [0.29, 0.717) is 24.1 Å². The van der Waals surface area contributed by atoms with Gasteiger partial charge in [-0.25, -0.2) is 4.39 Å². The second kappa shape index (κ2) is 6.16. The number of benzene rings is 2. The fraction of sp³-hybridized carbons (Fsp3) is 0.294. The van der Waals surface area contributed by atoms with E-state index in [4.69, 9.17) is 4.74 Å². The molecule has 0 aromatic heterocycles. The van der Waals surface area contributed by atoms with E-state index in [0.717, 1.165) is 15.6 Å². The molecule has 4 heteroatoms. The lowest BCUT2D eigenvalue weighted by atomic mass is 10.2. The van der Waals surface area contributed by atoms with Gasteiger partial charge in [0.05, 0.1) is 4.47 Å². The van der Waals surface area contributed by atoms with Gasteiger partial charge >= 0.3 is 0 Å². The van der Waals surface area contributed by atoms with Crippen molar-refractivity contribution < 1.29 is 9.13 Å². The summed E-state index contributed by atoms with van der Waals surface area (Å²) < 4.78 is 20.8. The number of ether oxygens (including phenoxy) is 1. The zero-order valence-corrected chi connectivity index (χ0v) is 13.4. The summed E-state index contributed by atoms with van der Waals surface area (Å²) in [5.74, 6) is 0.589. The highest BCUT2D eigenvalue weighted by atomic mass is 79.9. The highest BCUT2D eigenvalue weighted by Gasteiger charge is 2.21. The Morgan fingerprint density at radius 2 is 2.10 bits per heavy atom. The molecule has 1 aliphatic carbocycles. The van der Waals surface area contributed by atoms with Crippen LogP contribution in [0.15, 0.2) is 40.9 Å². The number of hydrogen-bond donors (Lipinski definition) is 1. The fourth-order valence-corrected chi connectivity index (χ4v) is 2.72. The van der Waals surface area contributed by atoms with Crippen LogP contribution in [0.2, 0.25) is 0 Å². The van der Waals surface area contributed by atoms with Crippen LogP contribution in [0.1, 0.15) is 24.0 Å². The molecule has 1 fully saturated rings. The second-order valence-electron chi connectivity index (χ2n) is 5.42. The Morgan fingerprint density at radius 3 is 2.81 bits per heavy atom. The molecule has 0 saturated heterocycles. The predicted molar refractivity (Wildman–Crippen MR) is 85.2 cm³/mol.